The molecular formula is C11H13ClO. The summed E-state index contributed by atoms with van der Waals surface area (Å²) in [6.07, 6.45) is 1.90. The van der Waals surface area contributed by atoms with Gasteiger partial charge in [0.1, 0.15) is 5.75 Å². The second kappa shape index (κ2) is 4.33. The van der Waals surface area contributed by atoms with Gasteiger partial charge >= 0.3 is 0 Å². The van der Waals surface area contributed by atoms with E-state index in [1.165, 1.54) is 0 Å². The molecule has 1 aromatic carbocycles. The number of ether oxygens (including phenoxy) is 1. The molecule has 0 amide bonds. The fourth-order valence-corrected chi connectivity index (χ4v) is 1.27. The van der Waals surface area contributed by atoms with Crippen LogP contribution in [0.25, 0.3) is 6.08 Å². The van der Waals surface area contributed by atoms with E-state index in [2.05, 4.69) is 6.58 Å². The Morgan fingerprint density at radius 3 is 2.62 bits per heavy atom. The van der Waals surface area contributed by atoms with Crippen molar-refractivity contribution >= 4 is 17.7 Å². The quantitative estimate of drug-likeness (QED) is 0.715. The molecule has 0 aliphatic rings. The maximum atomic E-state index is 5.96. The third-order valence-corrected chi connectivity index (χ3v) is 1.89. The van der Waals surface area contributed by atoms with E-state index in [0.717, 1.165) is 11.3 Å². The molecule has 2 heteroatoms. The van der Waals surface area contributed by atoms with Crippen molar-refractivity contribution in [2.75, 3.05) is 0 Å². The SMILES string of the molecule is C=Cc1ccc(OC(C)C)cc1Cl. The summed E-state index contributed by atoms with van der Waals surface area (Å²) in [5.41, 5.74) is 0.928. The van der Waals surface area contributed by atoms with Gasteiger partial charge in [-0.3, -0.25) is 0 Å². The fourth-order valence-electron chi connectivity index (χ4n) is 1.02. The highest BCUT2D eigenvalue weighted by atomic mass is 35.5. The molecule has 70 valence electrons. The van der Waals surface area contributed by atoms with Crippen LogP contribution in [0.15, 0.2) is 24.8 Å². The van der Waals surface area contributed by atoms with Crippen molar-refractivity contribution in [3.63, 3.8) is 0 Å². The summed E-state index contributed by atoms with van der Waals surface area (Å²) in [6, 6.07) is 5.59. The molecule has 0 atom stereocenters. The molecule has 0 saturated carbocycles. The van der Waals surface area contributed by atoms with Gasteiger partial charge in [-0.05, 0) is 37.6 Å². The number of halogens is 1. The Balaban J connectivity index is 2.89. The predicted octanol–water partition coefficient (Wildman–Crippen LogP) is 3.77. The summed E-state index contributed by atoms with van der Waals surface area (Å²) >= 11 is 5.96. The molecule has 1 nitrogen and oxygen atoms in total. The topological polar surface area (TPSA) is 9.23 Å². The van der Waals surface area contributed by atoms with E-state index in [9.17, 15) is 0 Å². The van der Waals surface area contributed by atoms with Crippen molar-refractivity contribution in [1.82, 2.24) is 0 Å². The number of hydrogen-bond acceptors (Lipinski definition) is 1. The lowest BCUT2D eigenvalue weighted by Crippen LogP contribution is -2.05. The molecule has 0 radical (unpaired) electrons. The molecule has 0 heterocycles. The van der Waals surface area contributed by atoms with Crippen LogP contribution in [0.3, 0.4) is 0 Å². The highest BCUT2D eigenvalue weighted by Crippen LogP contribution is 2.23. The van der Waals surface area contributed by atoms with E-state index in [4.69, 9.17) is 16.3 Å². The zero-order valence-corrected chi connectivity index (χ0v) is 8.64. The summed E-state index contributed by atoms with van der Waals surface area (Å²) in [7, 11) is 0. The van der Waals surface area contributed by atoms with Crippen LogP contribution >= 0.6 is 11.6 Å². The molecule has 0 saturated heterocycles. The summed E-state index contributed by atoms with van der Waals surface area (Å²) < 4.78 is 5.48. The van der Waals surface area contributed by atoms with E-state index in [1.54, 1.807) is 12.1 Å². The molecule has 1 aromatic rings. The molecule has 1 rings (SSSR count). The van der Waals surface area contributed by atoms with Crippen molar-refractivity contribution in [1.29, 1.82) is 0 Å². The first-order valence-corrected chi connectivity index (χ1v) is 4.60. The Labute approximate surface area is 84.0 Å². The number of hydrogen-bond donors (Lipinski definition) is 0. The second-order valence-electron chi connectivity index (χ2n) is 3.05. The second-order valence-corrected chi connectivity index (χ2v) is 3.46. The van der Waals surface area contributed by atoms with Crippen LogP contribution in [0.2, 0.25) is 5.02 Å². The number of benzene rings is 1. The van der Waals surface area contributed by atoms with Crippen molar-refractivity contribution in [3.05, 3.63) is 35.4 Å². The fraction of sp³-hybridized carbons (Fsp3) is 0.273. The van der Waals surface area contributed by atoms with Crippen LogP contribution in [0.5, 0.6) is 5.75 Å². The van der Waals surface area contributed by atoms with E-state index < -0.39 is 0 Å². The average molecular weight is 197 g/mol. The first kappa shape index (κ1) is 10.1. The molecule has 0 unspecified atom stereocenters. The zero-order valence-electron chi connectivity index (χ0n) is 7.88. The van der Waals surface area contributed by atoms with Crippen LogP contribution in [0, 0.1) is 0 Å². The van der Waals surface area contributed by atoms with Crippen molar-refractivity contribution < 1.29 is 4.74 Å². The van der Waals surface area contributed by atoms with Crippen LogP contribution in [-0.2, 0) is 0 Å². The van der Waals surface area contributed by atoms with Crippen molar-refractivity contribution in [2.24, 2.45) is 0 Å². The first-order valence-electron chi connectivity index (χ1n) is 4.22. The van der Waals surface area contributed by atoms with Gasteiger partial charge in [0, 0.05) is 0 Å². The molecule has 0 bridgehead atoms. The molecule has 0 spiro atoms. The average Bonchev–Trinajstić information content (AvgIpc) is 2.03. The van der Waals surface area contributed by atoms with Crippen LogP contribution < -0.4 is 4.74 Å². The van der Waals surface area contributed by atoms with Crippen LogP contribution in [0.1, 0.15) is 19.4 Å². The predicted molar refractivity (Wildman–Crippen MR) is 57.3 cm³/mol. The van der Waals surface area contributed by atoms with E-state index in [-0.39, 0.29) is 6.10 Å². The maximum absolute atomic E-state index is 5.96. The lowest BCUT2D eigenvalue weighted by atomic mass is 10.2. The smallest absolute Gasteiger partial charge is 0.121 e. The van der Waals surface area contributed by atoms with Gasteiger partial charge in [-0.1, -0.05) is 24.3 Å². The minimum Gasteiger partial charge on any atom is -0.491 e. The van der Waals surface area contributed by atoms with Gasteiger partial charge in [-0.25, -0.2) is 0 Å². The van der Waals surface area contributed by atoms with E-state index >= 15 is 0 Å². The Morgan fingerprint density at radius 2 is 2.15 bits per heavy atom. The summed E-state index contributed by atoms with van der Waals surface area (Å²) in [6.45, 7) is 7.62. The van der Waals surface area contributed by atoms with Crippen LogP contribution in [-0.4, -0.2) is 6.10 Å². The van der Waals surface area contributed by atoms with Gasteiger partial charge in [-0.15, -0.1) is 0 Å². The normalized spacial score (nSPS) is 10.2. The molecular weight excluding hydrogens is 184 g/mol. The highest BCUT2D eigenvalue weighted by molar-refractivity contribution is 6.32. The molecule has 0 aliphatic carbocycles. The van der Waals surface area contributed by atoms with Gasteiger partial charge < -0.3 is 4.74 Å². The summed E-state index contributed by atoms with van der Waals surface area (Å²) in [5.74, 6) is 0.797. The minimum atomic E-state index is 0.172. The van der Waals surface area contributed by atoms with Crippen LogP contribution in [0.4, 0.5) is 0 Å². The zero-order chi connectivity index (χ0) is 9.84. The van der Waals surface area contributed by atoms with Crippen molar-refractivity contribution in [3.8, 4) is 5.75 Å². The van der Waals surface area contributed by atoms with Gasteiger partial charge in [-0.2, -0.15) is 0 Å². The van der Waals surface area contributed by atoms with E-state index in [0.29, 0.717) is 5.02 Å². The molecule has 0 aromatic heterocycles. The number of rotatable bonds is 3. The maximum Gasteiger partial charge on any atom is 0.121 e. The Hall–Kier alpha value is -0.950. The Morgan fingerprint density at radius 1 is 1.46 bits per heavy atom. The molecule has 0 N–H and O–H groups in total. The van der Waals surface area contributed by atoms with Gasteiger partial charge in [0.25, 0.3) is 0 Å². The Bertz CT molecular complexity index is 305. The highest BCUT2D eigenvalue weighted by Gasteiger charge is 2.00. The largest absolute Gasteiger partial charge is 0.491 e. The van der Waals surface area contributed by atoms with Gasteiger partial charge in [0.05, 0.1) is 11.1 Å². The third-order valence-electron chi connectivity index (χ3n) is 1.56. The minimum absolute atomic E-state index is 0.172. The molecule has 0 aliphatic heterocycles. The Kier molecular flexibility index (Phi) is 3.38. The summed E-state index contributed by atoms with van der Waals surface area (Å²) in [4.78, 5) is 0. The third kappa shape index (κ3) is 2.78. The monoisotopic (exact) mass is 196 g/mol. The summed E-state index contributed by atoms with van der Waals surface area (Å²) in [5, 5.41) is 0.674. The van der Waals surface area contributed by atoms with Gasteiger partial charge in [0.2, 0.25) is 0 Å². The standard InChI is InChI=1S/C11H13ClO/c1-4-9-5-6-10(7-11(9)12)13-8(2)3/h4-8H,1H2,2-3H3. The molecule has 13 heavy (non-hydrogen) atoms. The molecule has 0 fully saturated rings. The van der Waals surface area contributed by atoms with Gasteiger partial charge in [0.15, 0.2) is 0 Å². The van der Waals surface area contributed by atoms with E-state index in [1.807, 2.05) is 26.0 Å². The van der Waals surface area contributed by atoms with Crippen molar-refractivity contribution in [2.45, 2.75) is 20.0 Å². The lowest BCUT2D eigenvalue weighted by Gasteiger charge is -2.10. The lowest BCUT2D eigenvalue weighted by molar-refractivity contribution is 0.242. The first-order chi connectivity index (χ1) is 6.13.